The molecule has 5 rings (SSSR count). The van der Waals surface area contributed by atoms with Crippen molar-refractivity contribution in [1.82, 2.24) is 0 Å². The van der Waals surface area contributed by atoms with E-state index >= 15 is 0 Å². The molecule has 0 aromatic carbocycles. The first-order valence-corrected chi connectivity index (χ1v) is 8.34. The molecule has 0 aromatic heterocycles. The number of hydrogen-bond donors (Lipinski definition) is 0. The van der Waals surface area contributed by atoms with Gasteiger partial charge in [0.2, 0.25) is 0 Å². The Kier molecular flexibility index (Phi) is 3.30. The summed E-state index contributed by atoms with van der Waals surface area (Å²) in [5, 5.41) is -0.0191. The Bertz CT molecular complexity index is 1130. The number of halogens is 2. The summed E-state index contributed by atoms with van der Waals surface area (Å²) in [5.74, 6) is -0.559. The van der Waals surface area contributed by atoms with Gasteiger partial charge in [-0.3, -0.25) is 0 Å². The normalized spacial score (nSPS) is 22.7. The lowest BCUT2D eigenvalue weighted by molar-refractivity contribution is 0.683. The molecule has 4 nitrogen and oxygen atoms in total. The van der Waals surface area contributed by atoms with Crippen LogP contribution in [0.1, 0.15) is 0 Å². The van der Waals surface area contributed by atoms with Crippen molar-refractivity contribution in [3.05, 3.63) is 94.4 Å². The van der Waals surface area contributed by atoms with E-state index < -0.39 is 5.83 Å². The fraction of sp³-hybridized carbons (Fsp3) is 0. The molecule has 0 amide bonds. The van der Waals surface area contributed by atoms with Crippen molar-refractivity contribution in [3.8, 4) is 0 Å². The number of fused-ring (bicyclic) bond motifs is 4. The zero-order valence-electron chi connectivity index (χ0n) is 13.3. The van der Waals surface area contributed by atoms with E-state index in [9.17, 15) is 4.39 Å². The highest BCUT2D eigenvalue weighted by molar-refractivity contribution is 6.37. The smallest absolute Gasteiger partial charge is 0.169 e. The van der Waals surface area contributed by atoms with Crippen LogP contribution in [0.5, 0.6) is 0 Å². The van der Waals surface area contributed by atoms with Crippen molar-refractivity contribution in [3.63, 3.8) is 0 Å². The van der Waals surface area contributed by atoms with Gasteiger partial charge in [-0.25, -0.2) is 24.4 Å². The topological polar surface area (TPSA) is 49.4 Å². The summed E-state index contributed by atoms with van der Waals surface area (Å²) in [6.07, 6.45) is 18.2. The quantitative estimate of drug-likeness (QED) is 0.613. The van der Waals surface area contributed by atoms with Crippen LogP contribution in [0.3, 0.4) is 0 Å². The molecule has 124 valence electrons. The lowest BCUT2D eigenvalue weighted by Crippen LogP contribution is -1.91. The molecule has 6 heteroatoms. The standard InChI is InChI=1S/C20H10ClFN4/c21-19-17-9-15-5-3-13(24-15)7-11-1-2-12(23-11)8-14-4-6-16(25-14)10-18(26-17)20(19)22/h1-10H. The highest BCUT2D eigenvalue weighted by Gasteiger charge is 2.23. The van der Waals surface area contributed by atoms with E-state index in [-0.39, 0.29) is 10.7 Å². The second-order valence-electron chi connectivity index (χ2n) is 5.97. The average molecular weight is 361 g/mol. The molecular weight excluding hydrogens is 351 g/mol. The first-order chi connectivity index (χ1) is 12.6. The second kappa shape index (κ2) is 5.68. The Morgan fingerprint density at radius 1 is 0.615 bits per heavy atom. The van der Waals surface area contributed by atoms with E-state index in [4.69, 9.17) is 11.6 Å². The van der Waals surface area contributed by atoms with Gasteiger partial charge in [-0.1, -0.05) is 11.6 Å². The van der Waals surface area contributed by atoms with Crippen molar-refractivity contribution in [1.29, 1.82) is 0 Å². The van der Waals surface area contributed by atoms with Gasteiger partial charge in [0.1, 0.15) is 10.7 Å². The van der Waals surface area contributed by atoms with Crippen LogP contribution in [0, 0.1) is 0 Å². The predicted octanol–water partition coefficient (Wildman–Crippen LogP) is 4.44. The molecule has 0 atom stereocenters. The van der Waals surface area contributed by atoms with Crippen LogP contribution in [0.25, 0.3) is 0 Å². The van der Waals surface area contributed by atoms with Gasteiger partial charge >= 0.3 is 0 Å². The predicted molar refractivity (Wildman–Crippen MR) is 103 cm³/mol. The Balaban J connectivity index is 1.69. The molecule has 0 aromatic rings. The first kappa shape index (κ1) is 15.1. The molecule has 0 saturated heterocycles. The Hall–Kier alpha value is -3.18. The number of allylic oxidation sites excluding steroid dienone is 12. The number of hydrogen-bond acceptors (Lipinski definition) is 4. The van der Waals surface area contributed by atoms with Gasteiger partial charge in [-0.15, -0.1) is 0 Å². The second-order valence-corrected chi connectivity index (χ2v) is 6.35. The summed E-state index contributed by atoms with van der Waals surface area (Å²) in [4.78, 5) is 17.8. The molecule has 0 aliphatic carbocycles. The Morgan fingerprint density at radius 2 is 1.12 bits per heavy atom. The van der Waals surface area contributed by atoms with Gasteiger partial charge in [-0.05, 0) is 60.8 Å². The largest absolute Gasteiger partial charge is 0.249 e. The van der Waals surface area contributed by atoms with Crippen molar-refractivity contribution in [2.45, 2.75) is 0 Å². The summed E-state index contributed by atoms with van der Waals surface area (Å²) in [6.45, 7) is 0. The summed E-state index contributed by atoms with van der Waals surface area (Å²) in [5.41, 5.74) is 4.88. The van der Waals surface area contributed by atoms with Gasteiger partial charge < -0.3 is 0 Å². The third-order valence-electron chi connectivity index (χ3n) is 4.09. The zero-order chi connectivity index (χ0) is 17.7. The summed E-state index contributed by atoms with van der Waals surface area (Å²) in [6, 6.07) is 0. The lowest BCUT2D eigenvalue weighted by atomic mass is 10.2. The highest BCUT2D eigenvalue weighted by Crippen LogP contribution is 2.31. The van der Waals surface area contributed by atoms with Crippen molar-refractivity contribution in [2.24, 2.45) is 20.0 Å². The van der Waals surface area contributed by atoms with Crippen molar-refractivity contribution >= 4 is 34.4 Å². The van der Waals surface area contributed by atoms with Crippen molar-refractivity contribution < 1.29 is 4.39 Å². The Labute approximate surface area is 153 Å². The monoisotopic (exact) mass is 360 g/mol. The number of rotatable bonds is 0. The van der Waals surface area contributed by atoms with E-state index in [1.54, 1.807) is 18.2 Å². The van der Waals surface area contributed by atoms with Crippen LogP contribution >= 0.6 is 11.6 Å². The summed E-state index contributed by atoms with van der Waals surface area (Å²) < 4.78 is 14.4. The van der Waals surface area contributed by atoms with Gasteiger partial charge in [0.15, 0.2) is 5.83 Å². The molecule has 0 N–H and O–H groups in total. The highest BCUT2D eigenvalue weighted by atomic mass is 35.5. The minimum Gasteiger partial charge on any atom is -0.249 e. The molecule has 0 unspecified atom stereocenters. The van der Waals surface area contributed by atoms with Gasteiger partial charge in [0.25, 0.3) is 0 Å². The van der Waals surface area contributed by atoms with Gasteiger partial charge in [0.05, 0.1) is 39.9 Å². The van der Waals surface area contributed by atoms with Crippen LogP contribution in [0.4, 0.5) is 4.39 Å². The third kappa shape index (κ3) is 2.62. The molecule has 5 heterocycles. The van der Waals surface area contributed by atoms with Crippen LogP contribution < -0.4 is 0 Å². The summed E-state index contributed by atoms with van der Waals surface area (Å²) >= 11 is 6.11. The SMILES string of the molecule is FC1=C(Cl)C2=CC3=NC(=CC4=NC(=CC5=NC(=CC1=N2)C=C5)C=C4)C=C3. The van der Waals surface area contributed by atoms with Crippen LogP contribution in [0.2, 0.25) is 0 Å². The van der Waals surface area contributed by atoms with E-state index in [1.165, 1.54) is 0 Å². The van der Waals surface area contributed by atoms with E-state index in [2.05, 4.69) is 20.0 Å². The van der Waals surface area contributed by atoms with Crippen LogP contribution in [0.15, 0.2) is 114 Å². The number of aliphatic imine (C=N–C) groups is 4. The minimum absolute atomic E-state index is 0.0191. The van der Waals surface area contributed by atoms with E-state index in [0.29, 0.717) is 17.1 Å². The van der Waals surface area contributed by atoms with E-state index in [0.717, 1.165) is 22.8 Å². The molecular formula is C20H10ClFN4. The Morgan fingerprint density at radius 3 is 1.69 bits per heavy atom. The van der Waals surface area contributed by atoms with Crippen LogP contribution in [-0.2, 0) is 0 Å². The third-order valence-corrected chi connectivity index (χ3v) is 4.45. The maximum absolute atomic E-state index is 14.4. The maximum Gasteiger partial charge on any atom is 0.169 e. The molecule has 5 aliphatic rings. The average Bonchev–Trinajstić information content (AvgIpc) is 3.38. The first-order valence-electron chi connectivity index (χ1n) is 7.96. The molecule has 0 radical (unpaired) electrons. The summed E-state index contributed by atoms with van der Waals surface area (Å²) in [7, 11) is 0. The molecule has 0 spiro atoms. The molecule has 5 aliphatic heterocycles. The molecule has 8 bridgehead atoms. The van der Waals surface area contributed by atoms with Crippen LogP contribution in [-0.4, -0.2) is 22.8 Å². The molecule has 26 heavy (non-hydrogen) atoms. The zero-order valence-corrected chi connectivity index (χ0v) is 14.1. The minimum atomic E-state index is -0.559. The maximum atomic E-state index is 14.4. The van der Waals surface area contributed by atoms with E-state index in [1.807, 2.05) is 42.5 Å². The molecule has 0 saturated carbocycles. The number of nitrogens with zero attached hydrogens (tertiary/aromatic N) is 4. The van der Waals surface area contributed by atoms with Crippen molar-refractivity contribution in [2.75, 3.05) is 0 Å². The fourth-order valence-corrected chi connectivity index (χ4v) is 3.09. The fourth-order valence-electron chi connectivity index (χ4n) is 2.89. The molecule has 0 fully saturated rings. The lowest BCUT2D eigenvalue weighted by Gasteiger charge is -1.94. The van der Waals surface area contributed by atoms with Gasteiger partial charge in [-0.2, -0.15) is 0 Å². The van der Waals surface area contributed by atoms with Gasteiger partial charge in [0, 0.05) is 0 Å².